The molecule has 4 nitrogen and oxygen atoms in total. The molecule has 0 aliphatic carbocycles. The number of nitrogens with zero attached hydrogens (tertiary/aromatic N) is 2. The van der Waals surface area contributed by atoms with Crippen LogP contribution in [0.3, 0.4) is 0 Å². The lowest BCUT2D eigenvalue weighted by Crippen LogP contribution is -2.19. The van der Waals surface area contributed by atoms with E-state index in [4.69, 9.17) is 9.47 Å². The van der Waals surface area contributed by atoms with E-state index in [1.165, 1.54) is 22.3 Å². The highest BCUT2D eigenvalue weighted by Crippen LogP contribution is 2.49. The van der Waals surface area contributed by atoms with Crippen LogP contribution in [0.1, 0.15) is 49.9 Å². The summed E-state index contributed by atoms with van der Waals surface area (Å²) >= 11 is 0. The second-order valence-corrected chi connectivity index (χ2v) is 19.4. The highest BCUT2D eigenvalue weighted by molar-refractivity contribution is 6.17. The lowest BCUT2D eigenvalue weighted by Gasteiger charge is -2.32. The minimum atomic E-state index is -0.191. The standard InChI is InChI=1S/C68H56N2O2/c1-67(2,50-21-9-5-10-22-50)52-32-36-54(37-33-52)69(55-38-34-53(35-39-55)68(3,4)51-23-11-6-12-24-51)65-31-19-30-63-64(65)48-49-20-17-18-29-62(49)66(63)70(56-40-44-60(45-41-56)71-58-25-13-7-14-26-58)57-42-46-61(47-43-57)72-59-27-15-8-16-28-59/h5-48H,1-4H3. The zero-order valence-electron chi connectivity index (χ0n) is 41.1. The van der Waals surface area contributed by atoms with Gasteiger partial charge in [-0.05, 0) is 137 Å². The molecule has 11 aromatic carbocycles. The Morgan fingerprint density at radius 1 is 0.278 bits per heavy atom. The summed E-state index contributed by atoms with van der Waals surface area (Å²) in [5, 5.41) is 4.48. The molecule has 0 saturated heterocycles. The second-order valence-electron chi connectivity index (χ2n) is 19.4. The zero-order chi connectivity index (χ0) is 49.1. The first-order valence-corrected chi connectivity index (χ1v) is 24.7. The zero-order valence-corrected chi connectivity index (χ0v) is 41.1. The molecular formula is C68H56N2O2. The van der Waals surface area contributed by atoms with E-state index in [2.05, 4.69) is 219 Å². The molecule has 0 bridgehead atoms. The summed E-state index contributed by atoms with van der Waals surface area (Å²) in [6.07, 6.45) is 0. The van der Waals surface area contributed by atoms with Gasteiger partial charge in [-0.15, -0.1) is 0 Å². The highest BCUT2D eigenvalue weighted by atomic mass is 16.5. The smallest absolute Gasteiger partial charge is 0.127 e. The van der Waals surface area contributed by atoms with Crippen LogP contribution in [-0.2, 0) is 10.8 Å². The van der Waals surface area contributed by atoms with Crippen molar-refractivity contribution < 1.29 is 9.47 Å². The third kappa shape index (κ3) is 9.07. The molecular weight excluding hydrogens is 877 g/mol. The van der Waals surface area contributed by atoms with Gasteiger partial charge in [0.2, 0.25) is 0 Å². The number of hydrogen-bond donors (Lipinski definition) is 0. The van der Waals surface area contributed by atoms with Crippen molar-refractivity contribution in [3.63, 3.8) is 0 Å². The average Bonchev–Trinajstić information content (AvgIpc) is 3.43. The number of benzene rings is 11. The predicted octanol–water partition coefficient (Wildman–Crippen LogP) is 19.2. The molecule has 0 heterocycles. The Kier molecular flexibility index (Phi) is 12.3. The van der Waals surface area contributed by atoms with Gasteiger partial charge in [0.15, 0.2) is 0 Å². The monoisotopic (exact) mass is 932 g/mol. The molecule has 4 heteroatoms. The van der Waals surface area contributed by atoms with E-state index in [0.29, 0.717) is 0 Å². The van der Waals surface area contributed by atoms with Crippen LogP contribution in [0.2, 0.25) is 0 Å². The third-order valence-corrected chi connectivity index (χ3v) is 14.2. The maximum Gasteiger partial charge on any atom is 0.127 e. The van der Waals surface area contributed by atoms with Gasteiger partial charge in [-0.1, -0.05) is 185 Å². The quantitative estimate of drug-likeness (QED) is 0.101. The van der Waals surface area contributed by atoms with Crippen LogP contribution in [0.15, 0.2) is 267 Å². The molecule has 11 rings (SSSR count). The topological polar surface area (TPSA) is 24.9 Å². The number of fused-ring (bicyclic) bond motifs is 2. The van der Waals surface area contributed by atoms with Crippen molar-refractivity contribution in [3.05, 3.63) is 289 Å². The molecule has 0 aliphatic heterocycles. The van der Waals surface area contributed by atoms with Crippen LogP contribution in [0.25, 0.3) is 21.5 Å². The molecule has 0 radical (unpaired) electrons. The Balaban J connectivity index is 1.09. The summed E-state index contributed by atoms with van der Waals surface area (Å²) in [4.78, 5) is 4.80. The largest absolute Gasteiger partial charge is 0.457 e. The highest BCUT2D eigenvalue weighted by Gasteiger charge is 2.27. The lowest BCUT2D eigenvalue weighted by atomic mass is 9.78. The fourth-order valence-corrected chi connectivity index (χ4v) is 9.99. The van der Waals surface area contributed by atoms with Gasteiger partial charge in [-0.3, -0.25) is 0 Å². The van der Waals surface area contributed by atoms with Gasteiger partial charge < -0.3 is 19.3 Å². The van der Waals surface area contributed by atoms with Gasteiger partial charge in [-0.2, -0.15) is 0 Å². The Morgan fingerprint density at radius 2 is 0.625 bits per heavy atom. The first kappa shape index (κ1) is 45.6. The first-order chi connectivity index (χ1) is 35.2. The minimum Gasteiger partial charge on any atom is -0.457 e. The summed E-state index contributed by atoms with van der Waals surface area (Å²) < 4.78 is 12.6. The van der Waals surface area contributed by atoms with Crippen molar-refractivity contribution in [2.75, 3.05) is 9.80 Å². The van der Waals surface area contributed by atoms with Crippen molar-refractivity contribution in [2.45, 2.75) is 38.5 Å². The van der Waals surface area contributed by atoms with Gasteiger partial charge >= 0.3 is 0 Å². The maximum atomic E-state index is 6.32. The summed E-state index contributed by atoms with van der Waals surface area (Å²) in [7, 11) is 0. The Labute approximate surface area is 423 Å². The van der Waals surface area contributed by atoms with Crippen LogP contribution in [0.5, 0.6) is 23.0 Å². The van der Waals surface area contributed by atoms with E-state index in [-0.39, 0.29) is 10.8 Å². The third-order valence-electron chi connectivity index (χ3n) is 14.2. The Bertz CT molecular complexity index is 3400. The lowest BCUT2D eigenvalue weighted by molar-refractivity contribution is 0.482. The van der Waals surface area contributed by atoms with Crippen LogP contribution in [0.4, 0.5) is 34.1 Å². The predicted molar refractivity (Wildman–Crippen MR) is 301 cm³/mol. The van der Waals surface area contributed by atoms with Gasteiger partial charge in [0.1, 0.15) is 23.0 Å². The molecule has 0 saturated carbocycles. The number of anilines is 6. The molecule has 0 spiro atoms. The number of hydrogen-bond acceptors (Lipinski definition) is 4. The summed E-state index contributed by atoms with van der Waals surface area (Å²) in [5.74, 6) is 3.09. The van der Waals surface area contributed by atoms with E-state index in [1.807, 2.05) is 84.9 Å². The average molecular weight is 933 g/mol. The van der Waals surface area contributed by atoms with E-state index in [0.717, 1.165) is 78.7 Å². The summed E-state index contributed by atoms with van der Waals surface area (Å²) in [6, 6.07) is 94.3. The van der Waals surface area contributed by atoms with E-state index in [9.17, 15) is 0 Å². The maximum absolute atomic E-state index is 6.32. The Hall–Kier alpha value is -8.86. The van der Waals surface area contributed by atoms with Crippen molar-refractivity contribution in [1.82, 2.24) is 0 Å². The first-order valence-electron chi connectivity index (χ1n) is 24.7. The van der Waals surface area contributed by atoms with E-state index in [1.54, 1.807) is 0 Å². The fraction of sp³-hybridized carbons (Fsp3) is 0.0882. The molecule has 0 unspecified atom stereocenters. The minimum absolute atomic E-state index is 0.191. The fourth-order valence-electron chi connectivity index (χ4n) is 9.99. The molecule has 0 fully saturated rings. The van der Waals surface area contributed by atoms with Crippen LogP contribution in [-0.4, -0.2) is 0 Å². The number of ether oxygens (including phenoxy) is 2. The molecule has 0 aromatic heterocycles. The molecule has 0 amide bonds. The van der Waals surface area contributed by atoms with Gasteiger partial charge in [-0.25, -0.2) is 0 Å². The molecule has 0 N–H and O–H groups in total. The van der Waals surface area contributed by atoms with Gasteiger partial charge in [0.25, 0.3) is 0 Å². The number of para-hydroxylation sites is 2. The van der Waals surface area contributed by atoms with Crippen LogP contribution in [0, 0.1) is 0 Å². The van der Waals surface area contributed by atoms with Gasteiger partial charge in [0, 0.05) is 49.7 Å². The molecule has 0 atom stereocenters. The van der Waals surface area contributed by atoms with E-state index < -0.39 is 0 Å². The van der Waals surface area contributed by atoms with E-state index >= 15 is 0 Å². The van der Waals surface area contributed by atoms with Crippen LogP contribution < -0.4 is 19.3 Å². The SMILES string of the molecule is CC(C)(c1ccccc1)c1ccc(N(c2ccc(C(C)(C)c3ccccc3)cc2)c2cccc3c(N(c4ccc(Oc5ccccc5)cc4)c4ccc(Oc5ccccc5)cc4)c4ccccc4cc23)cc1. The normalized spacial score (nSPS) is 11.6. The van der Waals surface area contributed by atoms with Crippen LogP contribution >= 0.6 is 0 Å². The van der Waals surface area contributed by atoms with Crippen molar-refractivity contribution in [3.8, 4) is 23.0 Å². The molecule has 350 valence electrons. The molecule has 72 heavy (non-hydrogen) atoms. The van der Waals surface area contributed by atoms with Crippen molar-refractivity contribution in [2.24, 2.45) is 0 Å². The van der Waals surface area contributed by atoms with Crippen molar-refractivity contribution in [1.29, 1.82) is 0 Å². The van der Waals surface area contributed by atoms with Gasteiger partial charge in [0.05, 0.1) is 11.4 Å². The molecule has 11 aromatic rings. The number of rotatable bonds is 14. The summed E-state index contributed by atoms with van der Waals surface area (Å²) in [5.41, 5.74) is 10.9. The molecule has 0 aliphatic rings. The summed E-state index contributed by atoms with van der Waals surface area (Å²) in [6.45, 7) is 9.22. The second kappa shape index (κ2) is 19.5. The van der Waals surface area contributed by atoms with Crippen molar-refractivity contribution >= 4 is 55.7 Å². The Morgan fingerprint density at radius 3 is 1.08 bits per heavy atom.